The molecule has 2 heterocycles. The fourth-order valence-electron chi connectivity index (χ4n) is 3.13. The molecule has 1 amide bonds. The second kappa shape index (κ2) is 10.2. The summed E-state index contributed by atoms with van der Waals surface area (Å²) < 4.78 is 5.83. The molecule has 0 atom stereocenters. The van der Waals surface area contributed by atoms with Crippen molar-refractivity contribution in [3.05, 3.63) is 65.2 Å². The number of nitrogens with one attached hydrogen (secondary N) is 1. The highest BCUT2D eigenvalue weighted by Gasteiger charge is 2.35. The van der Waals surface area contributed by atoms with Gasteiger partial charge in [0.15, 0.2) is 5.84 Å². The van der Waals surface area contributed by atoms with Crippen LogP contribution in [0.1, 0.15) is 30.9 Å². The van der Waals surface area contributed by atoms with Gasteiger partial charge in [0.1, 0.15) is 10.8 Å². The Labute approximate surface area is 196 Å². The highest BCUT2D eigenvalue weighted by molar-refractivity contribution is 8.26. The van der Waals surface area contributed by atoms with Crippen LogP contribution in [-0.4, -0.2) is 39.3 Å². The number of nitrogens with zero attached hydrogens (tertiary/aromatic N) is 3. The Bertz CT molecular complexity index is 1110. The number of benzene rings is 2. The summed E-state index contributed by atoms with van der Waals surface area (Å²) in [5.41, 5.74) is 2.30. The van der Waals surface area contributed by atoms with Crippen LogP contribution in [0.3, 0.4) is 0 Å². The molecule has 0 saturated heterocycles. The van der Waals surface area contributed by atoms with Gasteiger partial charge in [-0.1, -0.05) is 36.8 Å². The third-order valence-electron chi connectivity index (χ3n) is 4.79. The average Bonchev–Trinajstić information content (AvgIpc) is 3.19. The van der Waals surface area contributed by atoms with E-state index >= 15 is 0 Å². The van der Waals surface area contributed by atoms with Crippen molar-refractivity contribution in [3.8, 4) is 5.75 Å². The van der Waals surface area contributed by atoms with E-state index in [1.54, 1.807) is 17.8 Å². The Balaban J connectivity index is 1.35. The van der Waals surface area contributed by atoms with E-state index in [1.165, 1.54) is 27.2 Å². The molecule has 6 nitrogen and oxygen atoms in total. The van der Waals surface area contributed by atoms with Crippen molar-refractivity contribution < 1.29 is 9.53 Å². The predicted molar refractivity (Wildman–Crippen MR) is 134 cm³/mol. The fourth-order valence-corrected chi connectivity index (χ4v) is 4.84. The molecule has 1 N–H and O–H groups in total. The SMILES string of the molecule is CCCC1=NN2C(=N)/C(=C/c3ccc(OCCSc4ccc(C)cc4)cc3)C(=O)N=C2S1. The lowest BCUT2D eigenvalue weighted by Gasteiger charge is -2.20. The van der Waals surface area contributed by atoms with Crippen molar-refractivity contribution in [1.82, 2.24) is 5.01 Å². The molecule has 0 spiro atoms. The monoisotopic (exact) mass is 464 g/mol. The van der Waals surface area contributed by atoms with E-state index in [0.29, 0.717) is 11.8 Å². The first-order chi connectivity index (χ1) is 15.5. The van der Waals surface area contributed by atoms with Crippen molar-refractivity contribution in [1.29, 1.82) is 5.41 Å². The number of thioether (sulfide) groups is 2. The lowest BCUT2D eigenvalue weighted by molar-refractivity contribution is -0.114. The molecule has 0 radical (unpaired) electrons. The minimum absolute atomic E-state index is 0.0621. The second-order valence-electron chi connectivity index (χ2n) is 7.34. The number of aryl methyl sites for hydroxylation is 1. The van der Waals surface area contributed by atoms with E-state index in [2.05, 4.69) is 48.2 Å². The maximum atomic E-state index is 12.5. The number of carbonyl (C=O) groups is 1. The number of amides is 1. The van der Waals surface area contributed by atoms with Crippen molar-refractivity contribution in [2.24, 2.45) is 10.1 Å². The lowest BCUT2D eigenvalue weighted by Crippen LogP contribution is -2.35. The van der Waals surface area contributed by atoms with Gasteiger partial charge < -0.3 is 4.74 Å². The smallest absolute Gasteiger partial charge is 0.283 e. The summed E-state index contributed by atoms with van der Waals surface area (Å²) in [7, 11) is 0. The average molecular weight is 465 g/mol. The number of aliphatic imine (C=N–C) groups is 1. The molecular weight excluding hydrogens is 440 g/mol. The molecule has 0 saturated carbocycles. The summed E-state index contributed by atoms with van der Waals surface area (Å²) in [6.45, 7) is 4.75. The van der Waals surface area contributed by atoms with Crippen LogP contribution in [0.2, 0.25) is 0 Å². The maximum absolute atomic E-state index is 12.5. The molecule has 0 bridgehead atoms. The zero-order valence-corrected chi connectivity index (χ0v) is 19.6. The van der Waals surface area contributed by atoms with Crippen LogP contribution in [-0.2, 0) is 4.79 Å². The normalized spacial score (nSPS) is 16.8. The number of fused-ring (bicyclic) bond motifs is 1. The third-order valence-corrected chi connectivity index (χ3v) is 6.74. The molecule has 0 aromatic heterocycles. The second-order valence-corrected chi connectivity index (χ2v) is 9.55. The molecule has 2 aromatic carbocycles. The van der Waals surface area contributed by atoms with Crippen LogP contribution in [0.5, 0.6) is 5.75 Å². The minimum Gasteiger partial charge on any atom is -0.493 e. The molecule has 2 aliphatic rings. The molecular formula is C24H24N4O2S2. The molecule has 2 aromatic rings. The molecule has 32 heavy (non-hydrogen) atoms. The number of hydrazone groups is 1. The van der Waals surface area contributed by atoms with Gasteiger partial charge in [0.2, 0.25) is 5.17 Å². The highest BCUT2D eigenvalue weighted by atomic mass is 32.2. The number of amidine groups is 2. The van der Waals surface area contributed by atoms with Gasteiger partial charge in [0, 0.05) is 10.6 Å². The van der Waals surface area contributed by atoms with Gasteiger partial charge in [0.05, 0.1) is 12.2 Å². The zero-order valence-electron chi connectivity index (χ0n) is 18.0. The predicted octanol–water partition coefficient (Wildman–Crippen LogP) is 5.59. The van der Waals surface area contributed by atoms with E-state index in [0.717, 1.165) is 35.0 Å². The van der Waals surface area contributed by atoms with Gasteiger partial charge in [0.25, 0.3) is 5.91 Å². The summed E-state index contributed by atoms with van der Waals surface area (Å²) in [6, 6.07) is 16.0. The van der Waals surface area contributed by atoms with E-state index in [9.17, 15) is 4.79 Å². The largest absolute Gasteiger partial charge is 0.493 e. The van der Waals surface area contributed by atoms with Crippen LogP contribution in [0.15, 0.2) is 69.1 Å². The third kappa shape index (κ3) is 5.31. The van der Waals surface area contributed by atoms with Crippen LogP contribution in [0.4, 0.5) is 0 Å². The molecule has 4 rings (SSSR count). The first kappa shape index (κ1) is 22.4. The van der Waals surface area contributed by atoms with Crippen LogP contribution < -0.4 is 4.74 Å². The van der Waals surface area contributed by atoms with Gasteiger partial charge in [-0.2, -0.15) is 15.1 Å². The van der Waals surface area contributed by atoms with E-state index in [1.807, 2.05) is 24.3 Å². The molecule has 8 heteroatoms. The summed E-state index contributed by atoms with van der Waals surface area (Å²) in [5, 5.41) is 15.7. The summed E-state index contributed by atoms with van der Waals surface area (Å²) in [4.78, 5) is 17.8. The Hall–Kier alpha value is -2.84. The van der Waals surface area contributed by atoms with Crippen molar-refractivity contribution in [2.75, 3.05) is 12.4 Å². The number of carbonyl (C=O) groups excluding carboxylic acids is 1. The molecule has 0 fully saturated rings. The van der Waals surface area contributed by atoms with Crippen molar-refractivity contribution >= 4 is 51.6 Å². The Kier molecular flexibility index (Phi) is 7.12. The van der Waals surface area contributed by atoms with E-state index in [-0.39, 0.29) is 11.4 Å². The standard InChI is InChI=1S/C24H24N4O2S2/c1-3-4-21-27-28-22(25)20(23(29)26-24(28)32-21)15-17-7-9-18(10-8-17)30-13-14-31-19-11-5-16(2)6-12-19/h5-12,15,25H,3-4,13-14H2,1-2H3/b20-15-,25-22?. The zero-order chi connectivity index (χ0) is 22.5. The highest BCUT2D eigenvalue weighted by Crippen LogP contribution is 2.30. The van der Waals surface area contributed by atoms with E-state index < -0.39 is 5.91 Å². The molecule has 164 valence electrons. The molecule has 0 unspecified atom stereocenters. The lowest BCUT2D eigenvalue weighted by atomic mass is 10.1. The van der Waals surface area contributed by atoms with Gasteiger partial charge in [-0.25, -0.2) is 0 Å². The quantitative estimate of drug-likeness (QED) is 0.313. The summed E-state index contributed by atoms with van der Waals surface area (Å²) in [6.07, 6.45) is 3.45. The first-order valence-corrected chi connectivity index (χ1v) is 12.2. The van der Waals surface area contributed by atoms with Crippen molar-refractivity contribution in [2.45, 2.75) is 31.6 Å². The summed E-state index contributed by atoms with van der Waals surface area (Å²) >= 11 is 3.13. The number of ether oxygens (including phenoxy) is 1. The minimum atomic E-state index is -0.407. The number of rotatable bonds is 8. The maximum Gasteiger partial charge on any atom is 0.283 e. The van der Waals surface area contributed by atoms with Crippen LogP contribution in [0.25, 0.3) is 6.08 Å². The number of hydrogen-bond donors (Lipinski definition) is 1. The van der Waals surface area contributed by atoms with Gasteiger partial charge in [-0.3, -0.25) is 10.2 Å². The van der Waals surface area contributed by atoms with Gasteiger partial charge in [-0.15, -0.1) is 11.8 Å². The van der Waals surface area contributed by atoms with Gasteiger partial charge in [-0.05, 0) is 67.4 Å². The number of hydrogen-bond acceptors (Lipinski definition) is 6. The first-order valence-electron chi connectivity index (χ1n) is 10.4. The Morgan fingerprint density at radius 1 is 1.16 bits per heavy atom. The van der Waals surface area contributed by atoms with Gasteiger partial charge >= 0.3 is 0 Å². The van der Waals surface area contributed by atoms with Crippen molar-refractivity contribution in [3.63, 3.8) is 0 Å². The topological polar surface area (TPSA) is 78.1 Å². The Morgan fingerprint density at radius 3 is 2.62 bits per heavy atom. The van der Waals surface area contributed by atoms with Crippen LogP contribution >= 0.6 is 23.5 Å². The Morgan fingerprint density at radius 2 is 1.91 bits per heavy atom. The fraction of sp³-hybridized carbons (Fsp3) is 0.250. The van der Waals surface area contributed by atoms with E-state index in [4.69, 9.17) is 10.1 Å². The van der Waals surface area contributed by atoms with Crippen LogP contribution in [0, 0.1) is 12.3 Å². The molecule has 2 aliphatic heterocycles. The molecule has 0 aliphatic carbocycles. The summed E-state index contributed by atoms with van der Waals surface area (Å²) in [5.74, 6) is 1.28.